The highest BCUT2D eigenvalue weighted by atomic mass is 16.5. The summed E-state index contributed by atoms with van der Waals surface area (Å²) in [6.45, 7) is 7.42. The molecule has 1 unspecified atom stereocenters. The third kappa shape index (κ3) is 3.70. The van der Waals surface area contributed by atoms with Crippen molar-refractivity contribution in [1.82, 2.24) is 19.7 Å². The molecule has 2 heterocycles. The maximum absolute atomic E-state index is 12.8. The number of aromatic nitrogens is 3. The number of amides is 2. The second-order valence-corrected chi connectivity index (χ2v) is 8.04. The van der Waals surface area contributed by atoms with E-state index < -0.39 is 0 Å². The van der Waals surface area contributed by atoms with Crippen LogP contribution in [0.25, 0.3) is 0 Å². The molecule has 150 valence electrons. The van der Waals surface area contributed by atoms with Gasteiger partial charge in [0, 0.05) is 24.7 Å². The van der Waals surface area contributed by atoms with Crippen molar-refractivity contribution in [3.63, 3.8) is 0 Å². The number of fused-ring (bicyclic) bond motifs is 1. The molecule has 1 N–H and O–H groups in total. The normalized spacial score (nSPS) is 19.7. The number of nitrogens with one attached hydrogen (secondary N) is 1. The van der Waals surface area contributed by atoms with E-state index in [1.165, 1.54) is 25.7 Å². The number of ether oxygens (including phenoxy) is 1. The minimum absolute atomic E-state index is 0.0973. The van der Waals surface area contributed by atoms with Gasteiger partial charge in [-0.2, -0.15) is 0 Å². The van der Waals surface area contributed by atoms with Crippen LogP contribution in [-0.2, 0) is 6.54 Å². The third-order valence-electron chi connectivity index (χ3n) is 5.67. The van der Waals surface area contributed by atoms with Gasteiger partial charge in [0.15, 0.2) is 5.82 Å². The van der Waals surface area contributed by atoms with Crippen LogP contribution in [0.15, 0.2) is 24.3 Å². The van der Waals surface area contributed by atoms with Gasteiger partial charge in [0.2, 0.25) is 0 Å². The number of hydrogen-bond acceptors (Lipinski definition) is 4. The molecular formula is C21H29N5O2. The SMILES string of the molecule is CC(C)Oc1ccc(NC(=O)N2CCn3c(C4CCCC4)nnc3C2C)cc1. The summed E-state index contributed by atoms with van der Waals surface area (Å²) in [4.78, 5) is 14.7. The number of urea groups is 1. The Morgan fingerprint density at radius 3 is 2.46 bits per heavy atom. The summed E-state index contributed by atoms with van der Waals surface area (Å²) < 4.78 is 7.89. The molecule has 7 nitrogen and oxygen atoms in total. The summed E-state index contributed by atoms with van der Waals surface area (Å²) in [6, 6.07) is 7.27. The van der Waals surface area contributed by atoms with E-state index in [0.717, 1.165) is 29.6 Å². The minimum Gasteiger partial charge on any atom is -0.491 e. The number of carbonyl (C=O) groups excluding carboxylic acids is 1. The summed E-state index contributed by atoms with van der Waals surface area (Å²) in [6.07, 6.45) is 5.08. The van der Waals surface area contributed by atoms with Crippen LogP contribution in [0.2, 0.25) is 0 Å². The van der Waals surface area contributed by atoms with Crippen molar-refractivity contribution in [2.75, 3.05) is 11.9 Å². The van der Waals surface area contributed by atoms with Crippen molar-refractivity contribution in [2.45, 2.75) is 71.1 Å². The van der Waals surface area contributed by atoms with E-state index in [0.29, 0.717) is 12.5 Å². The van der Waals surface area contributed by atoms with Crippen molar-refractivity contribution in [3.8, 4) is 5.75 Å². The number of hydrogen-bond donors (Lipinski definition) is 1. The Bertz CT molecular complexity index is 824. The quantitative estimate of drug-likeness (QED) is 0.853. The Balaban J connectivity index is 1.43. The lowest BCUT2D eigenvalue weighted by molar-refractivity contribution is 0.171. The highest BCUT2D eigenvalue weighted by Crippen LogP contribution is 2.35. The first-order chi connectivity index (χ1) is 13.5. The number of rotatable bonds is 4. The van der Waals surface area contributed by atoms with Gasteiger partial charge >= 0.3 is 6.03 Å². The third-order valence-corrected chi connectivity index (χ3v) is 5.67. The average molecular weight is 383 g/mol. The first-order valence-electron chi connectivity index (χ1n) is 10.3. The molecule has 1 atom stereocenters. The van der Waals surface area contributed by atoms with Gasteiger partial charge in [-0.25, -0.2) is 4.79 Å². The van der Waals surface area contributed by atoms with Gasteiger partial charge in [-0.15, -0.1) is 10.2 Å². The summed E-state index contributed by atoms with van der Waals surface area (Å²) >= 11 is 0. The number of anilines is 1. The molecular weight excluding hydrogens is 354 g/mol. The fraction of sp³-hybridized carbons (Fsp3) is 0.571. The molecule has 0 saturated heterocycles. The molecule has 1 fully saturated rings. The summed E-state index contributed by atoms with van der Waals surface area (Å²) in [5.74, 6) is 3.33. The van der Waals surface area contributed by atoms with Crippen LogP contribution < -0.4 is 10.1 Å². The van der Waals surface area contributed by atoms with Gasteiger partial charge in [-0.05, 0) is 57.9 Å². The molecule has 4 rings (SSSR count). The first-order valence-corrected chi connectivity index (χ1v) is 10.3. The highest BCUT2D eigenvalue weighted by Gasteiger charge is 2.33. The maximum atomic E-state index is 12.8. The Kier molecular flexibility index (Phi) is 5.24. The molecule has 2 aromatic rings. The Morgan fingerprint density at radius 2 is 1.79 bits per heavy atom. The fourth-order valence-corrected chi connectivity index (χ4v) is 4.25. The van der Waals surface area contributed by atoms with E-state index >= 15 is 0 Å². The minimum atomic E-state index is -0.110. The smallest absolute Gasteiger partial charge is 0.322 e. The molecule has 1 aliphatic carbocycles. The predicted molar refractivity (Wildman–Crippen MR) is 108 cm³/mol. The fourth-order valence-electron chi connectivity index (χ4n) is 4.25. The molecule has 1 aliphatic heterocycles. The van der Waals surface area contributed by atoms with E-state index in [4.69, 9.17) is 4.74 Å². The molecule has 2 aliphatic rings. The zero-order valence-corrected chi connectivity index (χ0v) is 16.9. The Morgan fingerprint density at radius 1 is 1.11 bits per heavy atom. The van der Waals surface area contributed by atoms with Crippen molar-refractivity contribution >= 4 is 11.7 Å². The Labute approximate surface area is 166 Å². The van der Waals surface area contributed by atoms with Crippen molar-refractivity contribution in [1.29, 1.82) is 0 Å². The second kappa shape index (κ2) is 7.81. The highest BCUT2D eigenvalue weighted by molar-refractivity contribution is 5.89. The van der Waals surface area contributed by atoms with Crippen molar-refractivity contribution < 1.29 is 9.53 Å². The molecule has 1 aromatic heterocycles. The summed E-state index contributed by atoms with van der Waals surface area (Å²) in [7, 11) is 0. The molecule has 7 heteroatoms. The van der Waals surface area contributed by atoms with Crippen LogP contribution in [0, 0.1) is 0 Å². The van der Waals surface area contributed by atoms with Crippen LogP contribution in [0.3, 0.4) is 0 Å². The van der Waals surface area contributed by atoms with E-state index in [-0.39, 0.29) is 18.2 Å². The average Bonchev–Trinajstić information content (AvgIpc) is 3.32. The number of benzene rings is 1. The number of nitrogens with zero attached hydrogens (tertiary/aromatic N) is 4. The van der Waals surface area contributed by atoms with Crippen molar-refractivity contribution in [3.05, 3.63) is 35.9 Å². The molecule has 0 bridgehead atoms. The van der Waals surface area contributed by atoms with Gasteiger partial charge in [0.1, 0.15) is 11.6 Å². The molecule has 0 radical (unpaired) electrons. The van der Waals surface area contributed by atoms with E-state index in [9.17, 15) is 4.79 Å². The van der Waals surface area contributed by atoms with Crippen LogP contribution in [0.4, 0.5) is 10.5 Å². The summed E-state index contributed by atoms with van der Waals surface area (Å²) in [5.41, 5.74) is 0.756. The zero-order chi connectivity index (χ0) is 19.7. The Hall–Kier alpha value is -2.57. The largest absolute Gasteiger partial charge is 0.491 e. The van der Waals surface area contributed by atoms with Gasteiger partial charge in [-0.1, -0.05) is 12.8 Å². The lowest BCUT2D eigenvalue weighted by Gasteiger charge is -2.34. The monoisotopic (exact) mass is 383 g/mol. The van der Waals surface area contributed by atoms with Gasteiger partial charge in [0.05, 0.1) is 12.1 Å². The van der Waals surface area contributed by atoms with Gasteiger partial charge in [-0.3, -0.25) is 0 Å². The molecule has 1 saturated carbocycles. The van der Waals surface area contributed by atoms with E-state index in [2.05, 4.69) is 20.1 Å². The van der Waals surface area contributed by atoms with Gasteiger partial charge < -0.3 is 19.5 Å². The van der Waals surface area contributed by atoms with E-state index in [1.54, 1.807) is 0 Å². The molecule has 0 spiro atoms. The second-order valence-electron chi connectivity index (χ2n) is 8.04. The lowest BCUT2D eigenvalue weighted by atomic mass is 10.1. The molecule has 28 heavy (non-hydrogen) atoms. The maximum Gasteiger partial charge on any atom is 0.322 e. The first kappa shape index (κ1) is 18.8. The lowest BCUT2D eigenvalue weighted by Crippen LogP contribution is -2.43. The van der Waals surface area contributed by atoms with Crippen LogP contribution in [0.1, 0.15) is 70.1 Å². The molecule has 1 aromatic carbocycles. The summed E-state index contributed by atoms with van der Waals surface area (Å²) in [5, 5.41) is 11.9. The zero-order valence-electron chi connectivity index (χ0n) is 16.9. The van der Waals surface area contributed by atoms with E-state index in [1.807, 2.05) is 49.9 Å². The van der Waals surface area contributed by atoms with Crippen LogP contribution in [-0.4, -0.2) is 38.3 Å². The topological polar surface area (TPSA) is 72.3 Å². The van der Waals surface area contributed by atoms with Crippen molar-refractivity contribution in [2.24, 2.45) is 0 Å². The molecule has 2 amide bonds. The van der Waals surface area contributed by atoms with Crippen LogP contribution >= 0.6 is 0 Å². The van der Waals surface area contributed by atoms with Crippen LogP contribution in [0.5, 0.6) is 5.75 Å². The predicted octanol–water partition coefficient (Wildman–Crippen LogP) is 4.33. The van der Waals surface area contributed by atoms with Gasteiger partial charge in [0.25, 0.3) is 0 Å². The number of carbonyl (C=O) groups is 1. The standard InChI is InChI=1S/C21H29N5O2/c1-14(2)28-18-10-8-17(9-11-18)22-21(27)25-12-13-26-19(15(25)3)23-24-20(26)16-6-4-5-7-16/h8-11,14-16H,4-7,12-13H2,1-3H3,(H,22,27).